The molecule has 4 rings (SSSR count). The van der Waals surface area contributed by atoms with Crippen LogP contribution in [-0.2, 0) is 11.2 Å². The summed E-state index contributed by atoms with van der Waals surface area (Å²) in [6.07, 6.45) is 3.97. The van der Waals surface area contributed by atoms with Crippen LogP contribution in [0.25, 0.3) is 11.3 Å². The summed E-state index contributed by atoms with van der Waals surface area (Å²) in [6, 6.07) is 6.66. The molecule has 3 heterocycles. The molecular weight excluding hydrogens is 411 g/mol. The molecule has 7 nitrogen and oxygen atoms in total. The molecule has 2 aromatic heterocycles. The SMILES string of the molecule is COC(C)(C)COc1cnccc1-c1[nH]c2c(c1Nc1cccc(F)c1C)C(=O)NCC2. The molecule has 0 atom stereocenters. The number of anilines is 2. The Bertz CT molecular complexity index is 1160. The molecule has 0 radical (unpaired) electrons. The van der Waals surface area contributed by atoms with Crippen LogP contribution in [0.4, 0.5) is 15.8 Å². The number of halogens is 1. The summed E-state index contributed by atoms with van der Waals surface area (Å²) >= 11 is 0. The van der Waals surface area contributed by atoms with Crippen LogP contribution < -0.4 is 15.4 Å². The molecule has 3 aromatic rings. The van der Waals surface area contributed by atoms with Crippen LogP contribution in [0.5, 0.6) is 5.75 Å². The van der Waals surface area contributed by atoms with Crippen LogP contribution in [0.15, 0.2) is 36.7 Å². The summed E-state index contributed by atoms with van der Waals surface area (Å²) in [6.45, 7) is 6.42. The van der Waals surface area contributed by atoms with Crippen molar-refractivity contribution < 1.29 is 18.7 Å². The van der Waals surface area contributed by atoms with Gasteiger partial charge in [-0.05, 0) is 39.0 Å². The van der Waals surface area contributed by atoms with E-state index < -0.39 is 5.60 Å². The van der Waals surface area contributed by atoms with Gasteiger partial charge in [-0.2, -0.15) is 0 Å². The minimum Gasteiger partial charge on any atom is -0.488 e. The van der Waals surface area contributed by atoms with Gasteiger partial charge in [0.1, 0.15) is 18.2 Å². The molecular formula is C24H27FN4O3. The lowest BCUT2D eigenvalue weighted by Gasteiger charge is -2.23. The zero-order valence-electron chi connectivity index (χ0n) is 18.6. The van der Waals surface area contributed by atoms with Crippen molar-refractivity contribution in [1.29, 1.82) is 0 Å². The molecule has 1 aromatic carbocycles. The second-order valence-electron chi connectivity index (χ2n) is 8.40. The van der Waals surface area contributed by atoms with Crippen LogP contribution in [0.1, 0.15) is 35.5 Å². The molecule has 1 aliphatic rings. The Morgan fingerprint density at radius 1 is 1.28 bits per heavy atom. The fourth-order valence-electron chi connectivity index (χ4n) is 3.60. The summed E-state index contributed by atoms with van der Waals surface area (Å²) in [5.74, 6) is 0.0538. The minimum atomic E-state index is -0.484. The molecule has 0 fully saturated rings. The lowest BCUT2D eigenvalue weighted by atomic mass is 10.0. The Hall–Kier alpha value is -3.39. The first-order valence-electron chi connectivity index (χ1n) is 10.5. The van der Waals surface area contributed by atoms with E-state index in [1.165, 1.54) is 6.07 Å². The number of methoxy groups -OCH3 is 1. The Morgan fingerprint density at radius 3 is 2.88 bits per heavy atom. The maximum absolute atomic E-state index is 14.2. The highest BCUT2D eigenvalue weighted by molar-refractivity contribution is 6.06. The molecule has 32 heavy (non-hydrogen) atoms. The van der Waals surface area contributed by atoms with Gasteiger partial charge in [0.25, 0.3) is 5.91 Å². The first-order chi connectivity index (χ1) is 15.3. The number of hydrogen-bond acceptors (Lipinski definition) is 5. The third-order valence-electron chi connectivity index (χ3n) is 5.67. The van der Waals surface area contributed by atoms with Crippen molar-refractivity contribution in [3.63, 3.8) is 0 Å². The molecule has 8 heteroatoms. The van der Waals surface area contributed by atoms with Crippen LogP contribution >= 0.6 is 0 Å². The van der Waals surface area contributed by atoms with E-state index in [4.69, 9.17) is 9.47 Å². The number of pyridine rings is 1. The molecule has 1 amide bonds. The number of nitrogens with zero attached hydrogens (tertiary/aromatic N) is 1. The minimum absolute atomic E-state index is 0.178. The zero-order chi connectivity index (χ0) is 22.9. The van der Waals surface area contributed by atoms with Gasteiger partial charge in [-0.15, -0.1) is 0 Å². The van der Waals surface area contributed by atoms with Crippen molar-refractivity contribution in [2.45, 2.75) is 32.8 Å². The van der Waals surface area contributed by atoms with Crippen LogP contribution in [0, 0.1) is 12.7 Å². The van der Waals surface area contributed by atoms with Crippen LogP contribution in [0.3, 0.4) is 0 Å². The number of hydrogen-bond donors (Lipinski definition) is 3. The third kappa shape index (κ3) is 4.18. The summed E-state index contributed by atoms with van der Waals surface area (Å²) in [4.78, 5) is 20.4. The first kappa shape index (κ1) is 21.8. The first-order valence-corrected chi connectivity index (χ1v) is 10.5. The van der Waals surface area contributed by atoms with E-state index in [0.717, 1.165) is 11.3 Å². The van der Waals surface area contributed by atoms with Gasteiger partial charge in [0.15, 0.2) is 0 Å². The van der Waals surface area contributed by atoms with Crippen LogP contribution in [0.2, 0.25) is 0 Å². The van der Waals surface area contributed by atoms with Crippen molar-refractivity contribution in [3.8, 4) is 17.0 Å². The Morgan fingerprint density at radius 2 is 2.09 bits per heavy atom. The summed E-state index contributed by atoms with van der Waals surface area (Å²) < 4.78 is 25.7. The Balaban J connectivity index is 1.82. The Kier molecular flexibility index (Phi) is 5.88. The normalized spacial score (nSPS) is 13.5. The molecule has 0 spiro atoms. The third-order valence-corrected chi connectivity index (χ3v) is 5.67. The van der Waals surface area contributed by atoms with Crippen molar-refractivity contribution >= 4 is 17.3 Å². The van der Waals surface area contributed by atoms with Crippen molar-refractivity contribution in [2.75, 3.05) is 25.6 Å². The van der Waals surface area contributed by atoms with Gasteiger partial charge in [-0.1, -0.05) is 6.07 Å². The number of carbonyl (C=O) groups excluding carboxylic acids is 1. The highest BCUT2D eigenvalue weighted by atomic mass is 19.1. The van der Waals surface area contributed by atoms with E-state index in [2.05, 4.69) is 20.6 Å². The maximum atomic E-state index is 14.2. The van der Waals surface area contributed by atoms with E-state index in [1.54, 1.807) is 38.6 Å². The number of carbonyl (C=O) groups is 1. The quantitative estimate of drug-likeness (QED) is 0.510. The summed E-state index contributed by atoms with van der Waals surface area (Å²) in [5, 5.41) is 6.19. The molecule has 168 valence electrons. The number of nitrogens with one attached hydrogen (secondary N) is 3. The lowest BCUT2D eigenvalue weighted by molar-refractivity contribution is -0.0146. The monoisotopic (exact) mass is 438 g/mol. The largest absolute Gasteiger partial charge is 0.488 e. The number of aromatic amines is 1. The summed E-state index contributed by atoms with van der Waals surface area (Å²) in [7, 11) is 1.63. The fraction of sp³-hybridized carbons (Fsp3) is 0.333. The number of H-pyrrole nitrogens is 1. The molecule has 0 unspecified atom stereocenters. The van der Waals surface area contributed by atoms with Crippen LogP contribution in [-0.4, -0.2) is 41.7 Å². The van der Waals surface area contributed by atoms with Gasteiger partial charge in [-0.25, -0.2) is 4.39 Å². The average Bonchev–Trinajstić information content (AvgIpc) is 3.15. The van der Waals surface area contributed by atoms with E-state index >= 15 is 0 Å². The van der Waals surface area contributed by atoms with Gasteiger partial charge < -0.3 is 25.1 Å². The second kappa shape index (κ2) is 8.63. The maximum Gasteiger partial charge on any atom is 0.255 e. The van der Waals surface area contributed by atoms with Crippen molar-refractivity contribution in [2.24, 2.45) is 0 Å². The van der Waals surface area contributed by atoms with Gasteiger partial charge >= 0.3 is 0 Å². The number of amides is 1. The number of aromatic nitrogens is 2. The predicted octanol–water partition coefficient (Wildman–Crippen LogP) is 4.36. The molecule has 0 bridgehead atoms. The summed E-state index contributed by atoms with van der Waals surface area (Å²) in [5.41, 5.74) is 3.92. The van der Waals surface area contributed by atoms with E-state index in [0.29, 0.717) is 53.5 Å². The number of ether oxygens (including phenoxy) is 2. The Labute approximate surface area is 186 Å². The van der Waals surface area contributed by atoms with Crippen molar-refractivity contribution in [1.82, 2.24) is 15.3 Å². The highest BCUT2D eigenvalue weighted by Crippen LogP contribution is 2.40. The lowest BCUT2D eigenvalue weighted by Crippen LogP contribution is -2.31. The fourth-order valence-corrected chi connectivity index (χ4v) is 3.60. The predicted molar refractivity (Wildman–Crippen MR) is 121 cm³/mol. The smallest absolute Gasteiger partial charge is 0.255 e. The number of fused-ring (bicyclic) bond motifs is 1. The number of benzene rings is 1. The molecule has 0 saturated carbocycles. The zero-order valence-corrected chi connectivity index (χ0v) is 18.6. The number of rotatable bonds is 7. The van der Waals surface area contributed by atoms with Crippen molar-refractivity contribution in [3.05, 3.63) is 59.3 Å². The van der Waals surface area contributed by atoms with Gasteiger partial charge in [0, 0.05) is 48.8 Å². The van der Waals surface area contributed by atoms with E-state index in [1.807, 2.05) is 19.9 Å². The molecule has 3 N–H and O–H groups in total. The molecule has 0 aliphatic carbocycles. The van der Waals surface area contributed by atoms with E-state index in [9.17, 15) is 9.18 Å². The van der Waals surface area contributed by atoms with Gasteiger partial charge in [0.2, 0.25) is 0 Å². The topological polar surface area (TPSA) is 88.3 Å². The molecule has 0 saturated heterocycles. The van der Waals surface area contributed by atoms with Gasteiger partial charge in [0.05, 0.1) is 28.7 Å². The second-order valence-corrected chi connectivity index (χ2v) is 8.40. The highest BCUT2D eigenvalue weighted by Gasteiger charge is 2.29. The average molecular weight is 439 g/mol. The van der Waals surface area contributed by atoms with E-state index in [-0.39, 0.29) is 11.7 Å². The van der Waals surface area contributed by atoms with Gasteiger partial charge in [-0.3, -0.25) is 9.78 Å². The standard InChI is InChI=1S/C24H27FN4O3/c1-14-16(25)6-5-7-17(14)28-22-20-18(9-11-27-23(20)30)29-21(22)15-8-10-26-12-19(15)32-13-24(2,3)31-4/h5-8,10,12,28-29H,9,11,13H2,1-4H3,(H,27,30). The molecule has 1 aliphatic heterocycles.